The number of hydrogen-bond donors (Lipinski definition) is 0. The molecule has 0 aromatic heterocycles. The van der Waals surface area contributed by atoms with E-state index in [9.17, 15) is 4.79 Å². The topological polar surface area (TPSA) is 44.8 Å². The highest BCUT2D eigenvalue weighted by atomic mass is 28.4. The molecule has 5 heteroatoms. The van der Waals surface area contributed by atoms with Gasteiger partial charge >= 0.3 is 14.5 Å². The molecule has 0 saturated carbocycles. The van der Waals surface area contributed by atoms with Crippen molar-refractivity contribution in [3.8, 4) is 0 Å². The van der Waals surface area contributed by atoms with Gasteiger partial charge in [-0.1, -0.05) is 6.58 Å². The van der Waals surface area contributed by atoms with E-state index in [1.807, 2.05) is 13.1 Å². The van der Waals surface area contributed by atoms with E-state index in [0.717, 1.165) is 0 Å². The molecule has 0 atom stereocenters. The van der Waals surface area contributed by atoms with Gasteiger partial charge in [-0.25, -0.2) is 4.79 Å². The molecule has 0 N–H and O–H groups in total. The standard InChI is InChI=1S/C9H18O4Si/c1-8(2)9(10)12-6-7-13-14(4,5)11-3/h1,6-7H2,2-5H3. The van der Waals surface area contributed by atoms with Gasteiger partial charge in [-0.15, -0.1) is 0 Å². The second-order valence-corrected chi connectivity index (χ2v) is 6.87. The van der Waals surface area contributed by atoms with Crippen molar-refractivity contribution in [3.63, 3.8) is 0 Å². The molecule has 0 bridgehead atoms. The van der Waals surface area contributed by atoms with Gasteiger partial charge in [0.05, 0.1) is 6.61 Å². The third-order valence-corrected chi connectivity index (χ3v) is 3.49. The fourth-order valence-electron chi connectivity index (χ4n) is 0.604. The van der Waals surface area contributed by atoms with Gasteiger partial charge in [0.15, 0.2) is 0 Å². The molecule has 0 aromatic rings. The Kier molecular flexibility index (Phi) is 5.67. The Hall–Kier alpha value is -0.653. The summed E-state index contributed by atoms with van der Waals surface area (Å²) in [5.74, 6) is -0.384. The van der Waals surface area contributed by atoms with Crippen LogP contribution in [-0.4, -0.2) is 34.9 Å². The summed E-state index contributed by atoms with van der Waals surface area (Å²) in [5, 5.41) is 0. The molecule has 0 heterocycles. The van der Waals surface area contributed by atoms with Crippen LogP contribution >= 0.6 is 0 Å². The van der Waals surface area contributed by atoms with Gasteiger partial charge in [0, 0.05) is 12.7 Å². The van der Waals surface area contributed by atoms with Crippen LogP contribution in [0.25, 0.3) is 0 Å². The second kappa shape index (κ2) is 5.95. The molecule has 0 rings (SSSR count). The normalized spacial score (nSPS) is 11.1. The molecule has 82 valence electrons. The lowest BCUT2D eigenvalue weighted by molar-refractivity contribution is -0.139. The van der Waals surface area contributed by atoms with Crippen molar-refractivity contribution in [2.24, 2.45) is 0 Å². The first-order chi connectivity index (χ1) is 6.39. The molecule has 0 fully saturated rings. The summed E-state index contributed by atoms with van der Waals surface area (Å²) in [6.45, 7) is 9.53. The molecule has 0 radical (unpaired) electrons. The first kappa shape index (κ1) is 13.3. The summed E-state index contributed by atoms with van der Waals surface area (Å²) in [6, 6.07) is 0. The van der Waals surface area contributed by atoms with Gasteiger partial charge in [-0.3, -0.25) is 0 Å². The molecule has 0 unspecified atom stereocenters. The van der Waals surface area contributed by atoms with E-state index in [1.165, 1.54) is 0 Å². The Morgan fingerprint density at radius 1 is 1.36 bits per heavy atom. The molecule has 0 aliphatic rings. The van der Waals surface area contributed by atoms with Crippen LogP contribution in [0.5, 0.6) is 0 Å². The third kappa shape index (κ3) is 5.90. The maximum absolute atomic E-state index is 10.9. The van der Waals surface area contributed by atoms with Crippen molar-refractivity contribution in [1.29, 1.82) is 0 Å². The van der Waals surface area contributed by atoms with Crippen molar-refractivity contribution in [2.75, 3.05) is 20.3 Å². The lowest BCUT2D eigenvalue weighted by Gasteiger charge is -2.19. The maximum atomic E-state index is 10.9. The minimum absolute atomic E-state index is 0.242. The molecular weight excluding hydrogens is 200 g/mol. The number of carbonyl (C=O) groups is 1. The molecule has 0 saturated heterocycles. The summed E-state index contributed by atoms with van der Waals surface area (Å²) in [4.78, 5) is 10.9. The fourth-order valence-corrected chi connectivity index (χ4v) is 1.30. The van der Waals surface area contributed by atoms with Crippen LogP contribution in [0.1, 0.15) is 6.92 Å². The fraction of sp³-hybridized carbons (Fsp3) is 0.667. The van der Waals surface area contributed by atoms with Gasteiger partial charge in [0.25, 0.3) is 0 Å². The first-order valence-electron chi connectivity index (χ1n) is 4.41. The molecule has 0 aliphatic carbocycles. The van der Waals surface area contributed by atoms with Gasteiger partial charge in [0.1, 0.15) is 6.61 Å². The zero-order chi connectivity index (χ0) is 11.2. The monoisotopic (exact) mass is 218 g/mol. The molecule has 0 aliphatic heterocycles. The van der Waals surface area contributed by atoms with Crippen molar-refractivity contribution in [1.82, 2.24) is 0 Å². The summed E-state index contributed by atoms with van der Waals surface area (Å²) in [5.41, 5.74) is 0.397. The number of hydrogen-bond acceptors (Lipinski definition) is 4. The smallest absolute Gasteiger partial charge is 0.333 e. The molecular formula is C9H18O4Si. The molecule has 14 heavy (non-hydrogen) atoms. The summed E-state index contributed by atoms with van der Waals surface area (Å²) >= 11 is 0. The van der Waals surface area contributed by atoms with E-state index in [1.54, 1.807) is 14.0 Å². The number of esters is 1. The Morgan fingerprint density at radius 2 is 1.93 bits per heavy atom. The Labute approximate surface area is 86.1 Å². The average Bonchev–Trinajstić information content (AvgIpc) is 2.12. The van der Waals surface area contributed by atoms with Crippen molar-refractivity contribution < 1.29 is 18.4 Å². The summed E-state index contributed by atoms with van der Waals surface area (Å²) < 4.78 is 15.4. The lowest BCUT2D eigenvalue weighted by atomic mass is 10.4. The lowest BCUT2D eigenvalue weighted by Crippen LogP contribution is -2.34. The van der Waals surface area contributed by atoms with E-state index in [2.05, 4.69) is 6.58 Å². The van der Waals surface area contributed by atoms with Crippen molar-refractivity contribution >= 4 is 14.5 Å². The molecule has 0 spiro atoms. The zero-order valence-corrected chi connectivity index (χ0v) is 10.3. The zero-order valence-electron chi connectivity index (χ0n) is 9.25. The van der Waals surface area contributed by atoms with Crippen LogP contribution < -0.4 is 0 Å². The molecule has 0 aromatic carbocycles. The largest absolute Gasteiger partial charge is 0.460 e. The van der Waals surface area contributed by atoms with Crippen LogP contribution in [-0.2, 0) is 18.4 Å². The second-order valence-electron chi connectivity index (χ2n) is 3.37. The van der Waals surface area contributed by atoms with Gasteiger partial charge in [-0.2, -0.15) is 0 Å². The van der Waals surface area contributed by atoms with E-state index in [0.29, 0.717) is 12.2 Å². The van der Waals surface area contributed by atoms with Crippen LogP contribution in [0.4, 0.5) is 0 Å². The highest BCUT2D eigenvalue weighted by Gasteiger charge is 2.22. The van der Waals surface area contributed by atoms with Crippen LogP contribution in [0.15, 0.2) is 12.2 Å². The maximum Gasteiger partial charge on any atom is 0.333 e. The van der Waals surface area contributed by atoms with E-state index in [-0.39, 0.29) is 12.6 Å². The average molecular weight is 218 g/mol. The predicted octanol–water partition coefficient (Wildman–Crippen LogP) is 1.47. The van der Waals surface area contributed by atoms with E-state index >= 15 is 0 Å². The highest BCUT2D eigenvalue weighted by molar-refractivity contribution is 6.64. The van der Waals surface area contributed by atoms with Crippen LogP contribution in [0.3, 0.4) is 0 Å². The Bertz CT molecular complexity index is 213. The third-order valence-electron chi connectivity index (χ3n) is 1.61. The van der Waals surface area contributed by atoms with E-state index < -0.39 is 8.56 Å². The van der Waals surface area contributed by atoms with Crippen molar-refractivity contribution in [3.05, 3.63) is 12.2 Å². The number of rotatable bonds is 6. The minimum atomic E-state index is -1.99. The SMILES string of the molecule is C=C(C)C(=O)OCCO[Si](C)(C)OC. The van der Waals surface area contributed by atoms with Crippen LogP contribution in [0, 0.1) is 0 Å². The predicted molar refractivity (Wildman–Crippen MR) is 56.2 cm³/mol. The van der Waals surface area contributed by atoms with Gasteiger partial charge in [0.2, 0.25) is 0 Å². The van der Waals surface area contributed by atoms with Gasteiger partial charge in [-0.05, 0) is 20.0 Å². The molecule has 0 amide bonds. The highest BCUT2D eigenvalue weighted by Crippen LogP contribution is 2.03. The van der Waals surface area contributed by atoms with Crippen molar-refractivity contribution in [2.45, 2.75) is 20.0 Å². The number of ether oxygens (including phenoxy) is 1. The van der Waals surface area contributed by atoms with Gasteiger partial charge < -0.3 is 13.6 Å². The minimum Gasteiger partial charge on any atom is -0.460 e. The first-order valence-corrected chi connectivity index (χ1v) is 7.22. The summed E-state index contributed by atoms with van der Waals surface area (Å²) in [7, 11) is -0.373. The van der Waals surface area contributed by atoms with Crippen LogP contribution in [0.2, 0.25) is 13.1 Å². The van der Waals surface area contributed by atoms with E-state index in [4.69, 9.17) is 13.6 Å². The Morgan fingerprint density at radius 3 is 2.36 bits per heavy atom. The molecule has 4 nitrogen and oxygen atoms in total. The summed E-state index contributed by atoms with van der Waals surface area (Å²) in [6.07, 6.45) is 0. The Balaban J connectivity index is 3.57. The number of carbonyl (C=O) groups excluding carboxylic acids is 1. The quantitative estimate of drug-likeness (QED) is 0.293.